The van der Waals surface area contributed by atoms with E-state index in [2.05, 4.69) is 16.1 Å². The molecule has 0 atom stereocenters. The van der Waals surface area contributed by atoms with E-state index in [0.29, 0.717) is 12.1 Å². The minimum absolute atomic E-state index is 0.230. The van der Waals surface area contributed by atoms with Gasteiger partial charge in [0, 0.05) is 22.5 Å². The third-order valence-corrected chi connectivity index (χ3v) is 5.05. The third-order valence-electron chi connectivity index (χ3n) is 2.68. The van der Waals surface area contributed by atoms with Crippen molar-refractivity contribution in [1.29, 1.82) is 5.26 Å². The zero-order valence-electron chi connectivity index (χ0n) is 10.8. The largest absolute Gasteiger partial charge is 0.380 e. The molecule has 2 rings (SSSR count). The highest BCUT2D eigenvalue weighted by Crippen LogP contribution is 2.17. The van der Waals surface area contributed by atoms with E-state index in [9.17, 15) is 8.42 Å². The Hall–Kier alpha value is -1.88. The molecule has 0 aliphatic carbocycles. The maximum Gasteiger partial charge on any atom is 0.240 e. The SMILES string of the molecule is CNS(=O)(=O)c1ccc(NCc2cc(C#N)cs2)cc1. The van der Waals surface area contributed by atoms with Crippen LogP contribution >= 0.6 is 11.3 Å². The molecule has 0 radical (unpaired) electrons. The molecule has 1 aromatic heterocycles. The maximum absolute atomic E-state index is 11.6. The lowest BCUT2D eigenvalue weighted by molar-refractivity contribution is 0.588. The van der Waals surface area contributed by atoms with Gasteiger partial charge in [-0.2, -0.15) is 5.26 Å². The molecular weight excluding hydrogens is 294 g/mol. The highest BCUT2D eigenvalue weighted by Gasteiger charge is 2.10. The van der Waals surface area contributed by atoms with Crippen molar-refractivity contribution in [2.24, 2.45) is 0 Å². The van der Waals surface area contributed by atoms with Crippen LogP contribution in [0.15, 0.2) is 40.6 Å². The van der Waals surface area contributed by atoms with E-state index in [1.165, 1.54) is 18.4 Å². The molecule has 20 heavy (non-hydrogen) atoms. The second-order valence-corrected chi connectivity index (χ2v) is 6.88. The number of nitrogens with one attached hydrogen (secondary N) is 2. The normalized spacial score (nSPS) is 11.0. The molecule has 1 aromatic carbocycles. The zero-order valence-corrected chi connectivity index (χ0v) is 12.4. The minimum atomic E-state index is -3.39. The van der Waals surface area contributed by atoms with Crippen LogP contribution < -0.4 is 10.0 Å². The fourth-order valence-corrected chi connectivity index (χ4v) is 3.07. The number of benzene rings is 1. The summed E-state index contributed by atoms with van der Waals surface area (Å²) in [6, 6.07) is 10.4. The first-order chi connectivity index (χ1) is 9.55. The topological polar surface area (TPSA) is 82.0 Å². The molecule has 0 spiro atoms. The summed E-state index contributed by atoms with van der Waals surface area (Å²) < 4.78 is 25.4. The van der Waals surface area contributed by atoms with Crippen LogP contribution in [0.1, 0.15) is 10.4 Å². The van der Waals surface area contributed by atoms with Crippen LogP contribution in [0.2, 0.25) is 0 Å². The molecule has 0 bridgehead atoms. The Bertz CT molecular complexity index is 728. The summed E-state index contributed by atoms with van der Waals surface area (Å²) in [5, 5.41) is 13.7. The number of hydrogen-bond acceptors (Lipinski definition) is 5. The highest BCUT2D eigenvalue weighted by atomic mass is 32.2. The van der Waals surface area contributed by atoms with Gasteiger partial charge in [0.2, 0.25) is 10.0 Å². The molecule has 0 saturated carbocycles. The summed E-state index contributed by atoms with van der Waals surface area (Å²) in [5.74, 6) is 0. The van der Waals surface area contributed by atoms with Gasteiger partial charge in [-0.25, -0.2) is 13.1 Å². The van der Waals surface area contributed by atoms with Gasteiger partial charge in [-0.3, -0.25) is 0 Å². The van der Waals surface area contributed by atoms with Crippen LogP contribution in [0.4, 0.5) is 5.69 Å². The first-order valence-corrected chi connectivity index (χ1v) is 8.16. The Morgan fingerprint density at radius 3 is 2.55 bits per heavy atom. The smallest absolute Gasteiger partial charge is 0.240 e. The predicted octanol–water partition coefficient (Wildman–Crippen LogP) is 2.14. The molecule has 2 aromatic rings. The number of thiophene rings is 1. The summed E-state index contributed by atoms with van der Waals surface area (Å²) in [6.45, 7) is 0.602. The zero-order chi connectivity index (χ0) is 14.6. The number of hydrogen-bond donors (Lipinski definition) is 2. The minimum Gasteiger partial charge on any atom is -0.380 e. The van der Waals surface area contributed by atoms with Crippen molar-refractivity contribution in [1.82, 2.24) is 4.72 Å². The maximum atomic E-state index is 11.6. The van der Waals surface area contributed by atoms with Crippen molar-refractivity contribution >= 4 is 27.0 Å². The van der Waals surface area contributed by atoms with E-state index in [-0.39, 0.29) is 4.90 Å². The van der Waals surface area contributed by atoms with E-state index in [1.54, 1.807) is 29.6 Å². The Morgan fingerprint density at radius 2 is 2.00 bits per heavy atom. The molecule has 0 saturated heterocycles. The summed E-state index contributed by atoms with van der Waals surface area (Å²) in [4.78, 5) is 1.28. The van der Waals surface area contributed by atoms with Gasteiger partial charge in [0.15, 0.2) is 0 Å². The molecule has 0 fully saturated rings. The van der Waals surface area contributed by atoms with Gasteiger partial charge in [-0.05, 0) is 37.4 Å². The number of sulfonamides is 1. The second kappa shape index (κ2) is 6.05. The number of anilines is 1. The molecule has 0 amide bonds. The quantitative estimate of drug-likeness (QED) is 0.886. The standard InChI is InChI=1S/C13H13N3O2S2/c1-15-20(17,18)13-4-2-11(3-5-13)16-8-12-6-10(7-14)9-19-12/h2-6,9,15-16H,8H2,1H3. The molecule has 0 aliphatic heterocycles. The van der Waals surface area contributed by atoms with Gasteiger partial charge in [0.1, 0.15) is 6.07 Å². The van der Waals surface area contributed by atoms with Crippen molar-refractivity contribution in [3.63, 3.8) is 0 Å². The van der Waals surface area contributed by atoms with Crippen LogP contribution in [0.3, 0.4) is 0 Å². The highest BCUT2D eigenvalue weighted by molar-refractivity contribution is 7.89. The molecule has 7 heteroatoms. The molecule has 0 aliphatic rings. The summed E-state index contributed by atoms with van der Waals surface area (Å²) in [5.41, 5.74) is 1.48. The van der Waals surface area contributed by atoms with Crippen molar-refractivity contribution in [2.45, 2.75) is 11.4 Å². The average molecular weight is 307 g/mol. The lowest BCUT2D eigenvalue weighted by Gasteiger charge is -2.06. The number of rotatable bonds is 5. The molecular formula is C13H13N3O2S2. The van der Waals surface area contributed by atoms with E-state index in [1.807, 2.05) is 6.07 Å². The Balaban J connectivity index is 2.03. The molecule has 104 valence electrons. The summed E-state index contributed by atoms with van der Waals surface area (Å²) >= 11 is 1.51. The number of nitriles is 1. The van der Waals surface area contributed by atoms with Crippen LogP contribution in [-0.2, 0) is 16.6 Å². The van der Waals surface area contributed by atoms with Crippen molar-refractivity contribution in [2.75, 3.05) is 12.4 Å². The fraction of sp³-hybridized carbons (Fsp3) is 0.154. The van der Waals surface area contributed by atoms with Crippen LogP contribution in [0.5, 0.6) is 0 Å². The second-order valence-electron chi connectivity index (χ2n) is 4.00. The Labute approximate surface area is 121 Å². The summed E-state index contributed by atoms with van der Waals surface area (Å²) in [7, 11) is -2.01. The van der Waals surface area contributed by atoms with Gasteiger partial charge in [-0.15, -0.1) is 11.3 Å². The lowest BCUT2D eigenvalue weighted by Crippen LogP contribution is -2.18. The number of nitrogens with zero attached hydrogens (tertiary/aromatic N) is 1. The third kappa shape index (κ3) is 3.36. The first-order valence-electron chi connectivity index (χ1n) is 5.80. The summed E-state index contributed by atoms with van der Waals surface area (Å²) in [6.07, 6.45) is 0. The molecule has 5 nitrogen and oxygen atoms in total. The van der Waals surface area contributed by atoms with Gasteiger partial charge in [0.05, 0.1) is 10.5 Å². The van der Waals surface area contributed by atoms with Crippen LogP contribution in [0.25, 0.3) is 0 Å². The van der Waals surface area contributed by atoms with Gasteiger partial charge >= 0.3 is 0 Å². The average Bonchev–Trinajstić information content (AvgIpc) is 2.93. The van der Waals surface area contributed by atoms with Gasteiger partial charge < -0.3 is 5.32 Å². The first kappa shape index (κ1) is 14.5. The van der Waals surface area contributed by atoms with E-state index < -0.39 is 10.0 Å². The predicted molar refractivity (Wildman–Crippen MR) is 79.0 cm³/mol. The van der Waals surface area contributed by atoms with E-state index in [0.717, 1.165) is 10.6 Å². The lowest BCUT2D eigenvalue weighted by atomic mass is 10.3. The molecule has 2 N–H and O–H groups in total. The van der Waals surface area contributed by atoms with Crippen molar-refractivity contribution < 1.29 is 8.42 Å². The van der Waals surface area contributed by atoms with Crippen molar-refractivity contribution in [3.05, 3.63) is 46.2 Å². The van der Waals surface area contributed by atoms with Gasteiger partial charge in [0.25, 0.3) is 0 Å². The molecule has 1 heterocycles. The van der Waals surface area contributed by atoms with Gasteiger partial charge in [-0.1, -0.05) is 0 Å². The van der Waals surface area contributed by atoms with Crippen LogP contribution in [0, 0.1) is 11.3 Å². The fourth-order valence-electron chi connectivity index (χ4n) is 1.59. The molecule has 0 unspecified atom stereocenters. The van der Waals surface area contributed by atoms with E-state index in [4.69, 9.17) is 5.26 Å². The van der Waals surface area contributed by atoms with Crippen molar-refractivity contribution in [3.8, 4) is 6.07 Å². The van der Waals surface area contributed by atoms with E-state index >= 15 is 0 Å². The van der Waals surface area contributed by atoms with Crippen LogP contribution in [-0.4, -0.2) is 15.5 Å². The Kier molecular flexibility index (Phi) is 4.39. The monoisotopic (exact) mass is 307 g/mol. The Morgan fingerprint density at radius 1 is 1.30 bits per heavy atom.